The lowest BCUT2D eigenvalue weighted by Gasteiger charge is -2.41. The van der Waals surface area contributed by atoms with E-state index in [-0.39, 0.29) is 29.3 Å². The number of piperidine rings is 1. The maximum absolute atomic E-state index is 13.8. The molecule has 4 heterocycles. The minimum atomic E-state index is -0.640. The number of nitrogens with zero attached hydrogens (tertiary/aromatic N) is 4. The van der Waals surface area contributed by atoms with Crippen molar-refractivity contribution in [1.82, 2.24) is 30.2 Å². The molecule has 0 bridgehead atoms. The number of fused-ring (bicyclic) bond motifs is 4. The number of carbonyl (C=O) groups excluding carboxylic acids is 3. The Hall–Kier alpha value is -3.88. The Morgan fingerprint density at radius 3 is 2.52 bits per heavy atom. The van der Waals surface area contributed by atoms with E-state index in [2.05, 4.69) is 42.4 Å². The van der Waals surface area contributed by atoms with Crippen LogP contribution < -0.4 is 5.32 Å². The Balaban J connectivity index is 1.14. The van der Waals surface area contributed by atoms with Crippen LogP contribution >= 0.6 is 0 Å². The van der Waals surface area contributed by atoms with Gasteiger partial charge in [-0.2, -0.15) is 5.10 Å². The number of amides is 4. The standard InChI is InChI=1S/C31H38N6O3/c1-31(2,3)19-36-18-25-21(8-9-26-24(25)16-32-34-26)14-27(29(36)39)33-30(40)35-12-10-23(11-13-35)37-17-22-7-5-4-6-20(22)15-28(37)38/h4-9,16,23,27H,10-15,17-19H2,1-3H3,(H,32,34)(H,33,40)/t27-/m1/s1. The van der Waals surface area contributed by atoms with E-state index >= 15 is 0 Å². The van der Waals surface area contributed by atoms with Crippen LogP contribution in [0.2, 0.25) is 0 Å². The summed E-state index contributed by atoms with van der Waals surface area (Å²) in [4.78, 5) is 45.8. The number of aromatic nitrogens is 2. The SMILES string of the molecule is CC(C)(C)CN1Cc2c(ccc3[nH]ncc23)C[C@@H](NC(=O)N2CCC(N3Cc4ccccc4CC3=O)CC2)C1=O. The number of benzene rings is 2. The summed E-state index contributed by atoms with van der Waals surface area (Å²) in [6, 6.07) is 11.4. The highest BCUT2D eigenvalue weighted by Gasteiger charge is 2.36. The van der Waals surface area contributed by atoms with Crippen LogP contribution in [0.5, 0.6) is 0 Å². The largest absolute Gasteiger partial charge is 0.336 e. The topological polar surface area (TPSA) is 102 Å². The lowest BCUT2D eigenvalue weighted by molar-refractivity contribution is -0.136. The molecule has 3 aliphatic heterocycles. The van der Waals surface area contributed by atoms with Gasteiger partial charge in [0.2, 0.25) is 11.8 Å². The molecule has 1 aromatic heterocycles. The molecule has 3 aliphatic rings. The van der Waals surface area contributed by atoms with E-state index in [9.17, 15) is 14.4 Å². The summed E-state index contributed by atoms with van der Waals surface area (Å²) in [6.45, 7) is 9.18. The summed E-state index contributed by atoms with van der Waals surface area (Å²) in [5.74, 6) is 0.110. The van der Waals surface area contributed by atoms with Gasteiger partial charge in [0.05, 0.1) is 18.1 Å². The second-order valence-corrected chi connectivity index (χ2v) is 12.7. The van der Waals surface area contributed by atoms with Gasteiger partial charge in [0.1, 0.15) is 6.04 Å². The van der Waals surface area contributed by atoms with Gasteiger partial charge in [-0.25, -0.2) is 4.79 Å². The van der Waals surface area contributed by atoms with Gasteiger partial charge in [-0.1, -0.05) is 51.1 Å². The van der Waals surface area contributed by atoms with Crippen LogP contribution in [-0.2, 0) is 35.5 Å². The van der Waals surface area contributed by atoms with E-state index in [0.29, 0.717) is 45.6 Å². The van der Waals surface area contributed by atoms with Crippen LogP contribution in [0.1, 0.15) is 55.9 Å². The zero-order chi connectivity index (χ0) is 28.0. The average Bonchev–Trinajstić information content (AvgIpc) is 3.37. The minimum absolute atomic E-state index is 0.0522. The number of carbonyl (C=O) groups is 3. The molecule has 1 atom stereocenters. The molecular weight excluding hydrogens is 504 g/mol. The number of hydrogen-bond donors (Lipinski definition) is 2. The first-order valence-electron chi connectivity index (χ1n) is 14.3. The van der Waals surface area contributed by atoms with Crippen LogP contribution in [-0.4, -0.2) is 74.5 Å². The molecule has 0 unspecified atom stereocenters. The number of H-pyrrole nitrogens is 1. The molecule has 9 nitrogen and oxygen atoms in total. The quantitative estimate of drug-likeness (QED) is 0.528. The van der Waals surface area contributed by atoms with E-state index in [0.717, 1.165) is 40.4 Å². The predicted molar refractivity (Wildman–Crippen MR) is 152 cm³/mol. The monoisotopic (exact) mass is 542 g/mol. The first-order chi connectivity index (χ1) is 19.2. The van der Waals surface area contributed by atoms with Gasteiger partial charge >= 0.3 is 6.03 Å². The number of likely N-dealkylation sites (tertiary alicyclic amines) is 1. The zero-order valence-electron chi connectivity index (χ0n) is 23.6. The van der Waals surface area contributed by atoms with Crippen LogP contribution in [0, 0.1) is 5.41 Å². The molecule has 1 saturated heterocycles. The molecule has 0 radical (unpaired) electrons. The maximum Gasteiger partial charge on any atom is 0.318 e. The fourth-order valence-electron chi connectivity index (χ4n) is 6.49. The van der Waals surface area contributed by atoms with Crippen LogP contribution in [0.3, 0.4) is 0 Å². The highest BCUT2D eigenvalue weighted by Crippen LogP contribution is 2.30. The molecule has 0 saturated carbocycles. The molecule has 1 fully saturated rings. The van der Waals surface area contributed by atoms with Crippen LogP contribution in [0.15, 0.2) is 42.6 Å². The lowest BCUT2D eigenvalue weighted by atomic mass is 9.95. The molecule has 3 aromatic rings. The summed E-state index contributed by atoms with van der Waals surface area (Å²) in [5, 5.41) is 11.4. The zero-order valence-corrected chi connectivity index (χ0v) is 23.6. The Morgan fingerprint density at radius 1 is 1.02 bits per heavy atom. The van der Waals surface area contributed by atoms with Crippen molar-refractivity contribution in [1.29, 1.82) is 0 Å². The number of aromatic amines is 1. The van der Waals surface area contributed by atoms with Gasteiger partial charge < -0.3 is 20.0 Å². The lowest BCUT2D eigenvalue weighted by Crippen LogP contribution is -2.56. The fourth-order valence-corrected chi connectivity index (χ4v) is 6.49. The highest BCUT2D eigenvalue weighted by atomic mass is 16.2. The molecule has 9 heteroatoms. The summed E-state index contributed by atoms with van der Waals surface area (Å²) in [7, 11) is 0. The molecule has 2 N–H and O–H groups in total. The normalized spacial score (nSPS) is 20.4. The smallest absolute Gasteiger partial charge is 0.318 e. The number of urea groups is 1. The van der Waals surface area contributed by atoms with Gasteiger partial charge in [-0.3, -0.25) is 14.7 Å². The third-order valence-electron chi connectivity index (χ3n) is 8.49. The van der Waals surface area contributed by atoms with Crippen molar-refractivity contribution in [3.63, 3.8) is 0 Å². The Bertz CT molecular complexity index is 1450. The maximum atomic E-state index is 13.8. The van der Waals surface area contributed by atoms with Crippen molar-refractivity contribution < 1.29 is 14.4 Å². The van der Waals surface area contributed by atoms with Crippen molar-refractivity contribution in [3.8, 4) is 0 Å². The second kappa shape index (κ2) is 10.3. The molecule has 210 valence electrons. The van der Waals surface area contributed by atoms with Gasteiger partial charge in [0.25, 0.3) is 0 Å². The third-order valence-corrected chi connectivity index (χ3v) is 8.49. The Labute approximate surface area is 234 Å². The fraction of sp³-hybridized carbons (Fsp3) is 0.484. The summed E-state index contributed by atoms with van der Waals surface area (Å²) in [5.41, 5.74) is 5.34. The Morgan fingerprint density at radius 2 is 1.77 bits per heavy atom. The Kier molecular flexibility index (Phi) is 6.76. The van der Waals surface area contributed by atoms with Gasteiger partial charge in [-0.05, 0) is 46.6 Å². The van der Waals surface area contributed by atoms with Crippen molar-refractivity contribution in [2.75, 3.05) is 19.6 Å². The predicted octanol–water partition coefficient (Wildman–Crippen LogP) is 3.62. The van der Waals surface area contributed by atoms with Crippen molar-refractivity contribution in [3.05, 3.63) is 64.8 Å². The number of nitrogens with one attached hydrogen (secondary N) is 2. The van der Waals surface area contributed by atoms with Gasteiger partial charge in [0, 0.05) is 50.6 Å². The van der Waals surface area contributed by atoms with E-state index in [4.69, 9.17) is 0 Å². The minimum Gasteiger partial charge on any atom is -0.336 e. The van der Waals surface area contributed by atoms with E-state index in [1.807, 2.05) is 46.3 Å². The molecule has 4 amide bonds. The van der Waals surface area contributed by atoms with Crippen LogP contribution in [0.25, 0.3) is 10.9 Å². The molecular formula is C31H38N6O3. The summed E-state index contributed by atoms with van der Waals surface area (Å²) >= 11 is 0. The summed E-state index contributed by atoms with van der Waals surface area (Å²) in [6.07, 6.45) is 4.18. The van der Waals surface area contributed by atoms with Crippen molar-refractivity contribution >= 4 is 28.7 Å². The van der Waals surface area contributed by atoms with E-state index in [1.54, 1.807) is 4.90 Å². The van der Waals surface area contributed by atoms with Gasteiger partial charge in [0.15, 0.2) is 0 Å². The highest BCUT2D eigenvalue weighted by molar-refractivity contribution is 5.90. The molecule has 0 aliphatic carbocycles. The molecule has 0 spiro atoms. The first-order valence-corrected chi connectivity index (χ1v) is 14.3. The van der Waals surface area contributed by atoms with Crippen LogP contribution in [0.4, 0.5) is 4.79 Å². The van der Waals surface area contributed by atoms with E-state index in [1.165, 1.54) is 5.56 Å². The molecule has 40 heavy (non-hydrogen) atoms. The van der Waals surface area contributed by atoms with Crippen molar-refractivity contribution in [2.24, 2.45) is 5.41 Å². The first kappa shape index (κ1) is 26.3. The van der Waals surface area contributed by atoms with E-state index < -0.39 is 6.04 Å². The van der Waals surface area contributed by atoms with Crippen molar-refractivity contribution in [2.45, 2.75) is 71.6 Å². The second-order valence-electron chi connectivity index (χ2n) is 12.7. The third kappa shape index (κ3) is 5.17. The summed E-state index contributed by atoms with van der Waals surface area (Å²) < 4.78 is 0. The molecule has 6 rings (SSSR count). The number of rotatable bonds is 3. The molecule has 2 aromatic carbocycles. The average molecular weight is 543 g/mol. The number of hydrogen-bond acceptors (Lipinski definition) is 4. The van der Waals surface area contributed by atoms with Gasteiger partial charge in [-0.15, -0.1) is 0 Å².